The molecule has 3 N–H and O–H groups in total. The maximum Gasteiger partial charge on any atom is 0.256 e. The lowest BCUT2D eigenvalue weighted by Gasteiger charge is -2.28. The van der Waals surface area contributed by atoms with Crippen molar-refractivity contribution in [3.63, 3.8) is 0 Å². The van der Waals surface area contributed by atoms with Crippen molar-refractivity contribution in [2.75, 3.05) is 12.4 Å². The topological polar surface area (TPSA) is 62.4 Å². The van der Waals surface area contributed by atoms with Gasteiger partial charge in [0.15, 0.2) is 5.11 Å². The highest BCUT2D eigenvalue weighted by Crippen LogP contribution is 2.30. The number of hydrogen-bond donors (Lipinski definition) is 3. The van der Waals surface area contributed by atoms with E-state index >= 15 is 0 Å². The average Bonchev–Trinajstić information content (AvgIpc) is 2.60. The third-order valence-corrected chi connectivity index (χ3v) is 4.68. The van der Waals surface area contributed by atoms with Crippen molar-refractivity contribution in [3.05, 3.63) is 58.6 Å². The van der Waals surface area contributed by atoms with Gasteiger partial charge in [0, 0.05) is 10.2 Å². The minimum absolute atomic E-state index is 0.171. The lowest BCUT2D eigenvalue weighted by Crippen LogP contribution is -2.56. The number of hydrogen-bond acceptors (Lipinski definition) is 3. The second-order valence-corrected chi connectivity index (χ2v) is 8.95. The van der Waals surface area contributed by atoms with Gasteiger partial charge in [-0.2, -0.15) is 0 Å². The van der Waals surface area contributed by atoms with E-state index in [4.69, 9.17) is 51.8 Å². The monoisotopic (exact) mass is 509 g/mol. The predicted molar refractivity (Wildman–Crippen MR) is 118 cm³/mol. The summed E-state index contributed by atoms with van der Waals surface area (Å²) in [6.45, 7) is 0. The maximum absolute atomic E-state index is 12.6. The van der Waals surface area contributed by atoms with Crippen molar-refractivity contribution in [2.24, 2.45) is 0 Å². The zero-order valence-electron chi connectivity index (χ0n) is 13.9. The maximum atomic E-state index is 12.6. The normalized spacial score (nSPS) is 12.0. The Hall–Kier alpha value is -1.25. The van der Waals surface area contributed by atoms with Crippen molar-refractivity contribution >= 4 is 79.7 Å². The molecule has 0 radical (unpaired) electrons. The molecule has 2 aromatic carbocycles. The molecule has 0 aromatic heterocycles. The van der Waals surface area contributed by atoms with Crippen LogP contribution in [0.3, 0.4) is 0 Å². The van der Waals surface area contributed by atoms with E-state index in [0.717, 1.165) is 10.2 Å². The summed E-state index contributed by atoms with van der Waals surface area (Å²) in [7, 11) is 1.47. The van der Waals surface area contributed by atoms with Gasteiger partial charge >= 0.3 is 0 Å². The molecule has 0 aliphatic rings. The van der Waals surface area contributed by atoms with Crippen molar-refractivity contribution in [1.29, 1.82) is 0 Å². The van der Waals surface area contributed by atoms with E-state index in [2.05, 4.69) is 31.9 Å². The average molecular weight is 512 g/mol. The largest absolute Gasteiger partial charge is 0.496 e. The van der Waals surface area contributed by atoms with Crippen LogP contribution >= 0.6 is 63.0 Å². The highest BCUT2D eigenvalue weighted by atomic mass is 79.9. The number of thiocarbonyl (C=S) groups is 1. The van der Waals surface area contributed by atoms with Crippen LogP contribution in [0.15, 0.2) is 53.0 Å². The Bertz CT molecular complexity index is 833. The number of methoxy groups -OCH3 is 1. The molecular weight excluding hydrogens is 497 g/mol. The summed E-state index contributed by atoms with van der Waals surface area (Å²) < 4.78 is 4.19. The Balaban J connectivity index is 2.11. The van der Waals surface area contributed by atoms with Gasteiger partial charge in [-0.05, 0) is 42.5 Å². The van der Waals surface area contributed by atoms with Crippen molar-refractivity contribution < 1.29 is 9.53 Å². The zero-order chi connectivity index (χ0) is 20.0. The molecule has 5 nitrogen and oxygen atoms in total. The lowest BCUT2D eigenvalue weighted by atomic mass is 10.2. The Labute approximate surface area is 185 Å². The number of ether oxygens (including phenoxy) is 1. The van der Waals surface area contributed by atoms with Crippen LogP contribution in [-0.2, 0) is 0 Å². The van der Waals surface area contributed by atoms with E-state index in [-0.39, 0.29) is 5.11 Å². The van der Waals surface area contributed by atoms with Gasteiger partial charge < -0.3 is 20.7 Å². The molecule has 27 heavy (non-hydrogen) atoms. The van der Waals surface area contributed by atoms with Crippen molar-refractivity contribution in [3.8, 4) is 5.75 Å². The quantitative estimate of drug-likeness (QED) is 0.304. The van der Waals surface area contributed by atoms with Gasteiger partial charge in [0.05, 0.1) is 12.7 Å². The molecule has 0 bridgehead atoms. The molecule has 0 aliphatic heterocycles. The van der Waals surface area contributed by atoms with E-state index < -0.39 is 15.9 Å². The van der Waals surface area contributed by atoms with Crippen LogP contribution in [-0.4, -0.2) is 28.1 Å². The summed E-state index contributed by atoms with van der Waals surface area (Å²) in [6, 6.07) is 14.1. The van der Waals surface area contributed by atoms with Crippen molar-refractivity contribution in [1.82, 2.24) is 10.6 Å². The van der Waals surface area contributed by atoms with E-state index in [1.165, 1.54) is 7.11 Å². The molecule has 2 aromatic rings. The molecular formula is C17H15BrCl3N3O2S. The van der Waals surface area contributed by atoms with Gasteiger partial charge in [0.2, 0.25) is 3.79 Å². The van der Waals surface area contributed by atoms with E-state index in [1.54, 1.807) is 24.3 Å². The minimum atomic E-state index is -1.86. The highest BCUT2D eigenvalue weighted by molar-refractivity contribution is 9.10. The number of benzene rings is 2. The van der Waals surface area contributed by atoms with E-state index in [9.17, 15) is 4.79 Å². The van der Waals surface area contributed by atoms with Crippen LogP contribution in [0.1, 0.15) is 10.4 Å². The SMILES string of the molecule is COc1ccccc1C(=O)N[C@H](NC(=S)Nc1cccc(Br)c1)C(Cl)(Cl)Cl. The number of halogens is 4. The Kier molecular flexibility index (Phi) is 8.00. The molecule has 144 valence electrons. The van der Waals surface area contributed by atoms with Gasteiger partial charge in [-0.3, -0.25) is 4.79 Å². The number of alkyl halides is 3. The third kappa shape index (κ3) is 6.69. The van der Waals surface area contributed by atoms with Crippen LogP contribution in [0.5, 0.6) is 5.75 Å². The van der Waals surface area contributed by atoms with Crippen LogP contribution in [0.25, 0.3) is 0 Å². The number of nitrogens with one attached hydrogen (secondary N) is 3. The standard InChI is InChI=1S/C17H15BrCl3N3O2S/c1-26-13-8-3-2-7-12(13)14(25)23-15(17(19,20)21)24-16(27)22-11-6-4-5-10(18)9-11/h2-9,15H,1H3,(H,23,25)(H2,22,24,27)/t15-/m1/s1. The van der Waals surface area contributed by atoms with Gasteiger partial charge in [0.1, 0.15) is 11.9 Å². The molecule has 0 unspecified atom stereocenters. The minimum Gasteiger partial charge on any atom is -0.496 e. The van der Waals surface area contributed by atoms with Gasteiger partial charge in [0.25, 0.3) is 5.91 Å². The van der Waals surface area contributed by atoms with Crippen LogP contribution in [0.2, 0.25) is 0 Å². The van der Waals surface area contributed by atoms with Crippen LogP contribution in [0, 0.1) is 0 Å². The molecule has 0 spiro atoms. The van der Waals surface area contributed by atoms with Crippen LogP contribution in [0.4, 0.5) is 5.69 Å². The van der Waals surface area contributed by atoms with Gasteiger partial charge in [-0.25, -0.2) is 0 Å². The summed E-state index contributed by atoms with van der Waals surface area (Å²) >= 11 is 26.6. The second-order valence-electron chi connectivity index (χ2n) is 5.26. The third-order valence-electron chi connectivity index (χ3n) is 3.31. The fraction of sp³-hybridized carbons (Fsp3) is 0.176. The van der Waals surface area contributed by atoms with Crippen molar-refractivity contribution in [2.45, 2.75) is 9.96 Å². The Morgan fingerprint density at radius 2 is 1.85 bits per heavy atom. The Morgan fingerprint density at radius 1 is 1.15 bits per heavy atom. The number of rotatable bonds is 5. The highest BCUT2D eigenvalue weighted by Gasteiger charge is 2.35. The molecule has 1 atom stereocenters. The first kappa shape index (κ1) is 22.0. The molecule has 0 aliphatic carbocycles. The summed E-state index contributed by atoms with van der Waals surface area (Å²) in [5, 5.41) is 8.54. The fourth-order valence-corrected chi connectivity index (χ4v) is 3.07. The number of carbonyl (C=O) groups is 1. The number of anilines is 1. The first-order valence-electron chi connectivity index (χ1n) is 7.54. The van der Waals surface area contributed by atoms with E-state index in [0.29, 0.717) is 11.3 Å². The number of para-hydroxylation sites is 1. The molecule has 0 saturated heterocycles. The molecule has 0 saturated carbocycles. The summed E-state index contributed by atoms with van der Waals surface area (Å²) in [5.41, 5.74) is 1.02. The van der Waals surface area contributed by atoms with Gasteiger partial charge in [-0.15, -0.1) is 0 Å². The molecule has 0 heterocycles. The zero-order valence-corrected chi connectivity index (χ0v) is 18.6. The molecule has 0 fully saturated rings. The van der Waals surface area contributed by atoms with E-state index in [1.807, 2.05) is 24.3 Å². The summed E-state index contributed by atoms with van der Waals surface area (Å²) in [5.74, 6) is -0.0885. The molecule has 2 rings (SSSR count). The summed E-state index contributed by atoms with van der Waals surface area (Å²) in [4.78, 5) is 12.6. The number of amides is 1. The second kappa shape index (κ2) is 9.80. The summed E-state index contributed by atoms with van der Waals surface area (Å²) in [6.07, 6.45) is -1.09. The Morgan fingerprint density at radius 3 is 2.48 bits per heavy atom. The number of carbonyl (C=O) groups excluding carboxylic acids is 1. The lowest BCUT2D eigenvalue weighted by molar-refractivity contribution is 0.0931. The molecule has 1 amide bonds. The fourth-order valence-electron chi connectivity index (χ4n) is 2.11. The van der Waals surface area contributed by atoms with Gasteiger partial charge in [-0.1, -0.05) is 68.9 Å². The first-order valence-corrected chi connectivity index (χ1v) is 9.88. The first-order chi connectivity index (χ1) is 12.7. The smallest absolute Gasteiger partial charge is 0.256 e. The predicted octanol–water partition coefficient (Wildman–Crippen LogP) is 4.87. The van der Waals surface area contributed by atoms with Crippen LogP contribution < -0.4 is 20.7 Å². The molecule has 10 heteroatoms.